The Bertz CT molecular complexity index is 2200. The summed E-state index contributed by atoms with van der Waals surface area (Å²) in [6.45, 7) is 22.2. The highest BCUT2D eigenvalue weighted by Crippen LogP contribution is 2.27. The van der Waals surface area contributed by atoms with Crippen LogP contribution in [0.1, 0.15) is 114 Å². The fraction of sp³-hybridized carbons (Fsp3) is 0.521. The summed E-state index contributed by atoms with van der Waals surface area (Å²) in [4.78, 5) is 87.5. The zero-order valence-corrected chi connectivity index (χ0v) is 41.8. The standard InChI is InChI=1S/C23H31N3O5S.C14H13NO3S.C9H18N2O2.C2H4O2/c1-23(2,3)30-22(29)26-13-11-25(12-14-26)10-9-17(27)6-4-7-19(28)18-16-20(31-24-18)21-8-5-15-32-21;1-2-10(16)5-3-6-12(17)11-9-13(18-15-11)14-7-4-8-19-14;1-9(2,3)13-8(12)11-6-4-10-5-7-11;1-2(3)4/h5,8,15-16H,4,6-7,9-14H2,1-3H3;2,4,7-9H,1,3,5-6H2;10H,4-7H2,1-3H3;1H3,(H,3,4). The van der Waals surface area contributed by atoms with E-state index in [1.54, 1.807) is 21.9 Å². The number of nitrogens with zero attached hydrogens (tertiary/aromatic N) is 5. The monoisotopic (exact) mass is 982 g/mol. The molecule has 20 heteroatoms. The Morgan fingerprint density at radius 2 is 1.15 bits per heavy atom. The number of nitrogens with one attached hydrogen (secondary N) is 1. The lowest BCUT2D eigenvalue weighted by atomic mass is 10.1. The number of carboxylic acid groups (broad SMARTS) is 1. The van der Waals surface area contributed by atoms with E-state index in [1.165, 1.54) is 28.7 Å². The number of Topliss-reactive ketones (excluding diaryl/α,β-unsaturated/α-hetero) is 3. The predicted molar refractivity (Wildman–Crippen MR) is 259 cm³/mol. The SMILES string of the molecule is C=CC(=O)CCCC(=O)c1cc(-c2cccs2)on1.CC(=O)O.CC(C)(C)OC(=O)N1CCN(CCC(=O)CCCC(=O)c2cc(-c3cccs3)on2)CC1.CC(C)(C)OC(=O)N1CCNCC1. The van der Waals surface area contributed by atoms with E-state index in [1.807, 2.05) is 76.6 Å². The molecule has 372 valence electrons. The maximum atomic E-state index is 12.3. The quantitative estimate of drug-likeness (QED) is 0.0789. The summed E-state index contributed by atoms with van der Waals surface area (Å²) >= 11 is 3.05. The molecule has 2 aliphatic rings. The van der Waals surface area contributed by atoms with Crippen molar-refractivity contribution >= 4 is 64.0 Å². The molecule has 4 aromatic rings. The van der Waals surface area contributed by atoms with Gasteiger partial charge in [0.1, 0.15) is 28.4 Å². The minimum absolute atomic E-state index is 0.0489. The van der Waals surface area contributed by atoms with Gasteiger partial charge in [0.2, 0.25) is 0 Å². The number of carbonyl (C=O) groups is 7. The third-order valence-corrected chi connectivity index (χ3v) is 11.3. The zero-order chi connectivity index (χ0) is 50.3. The average molecular weight is 983 g/mol. The van der Waals surface area contributed by atoms with E-state index in [9.17, 15) is 28.8 Å². The van der Waals surface area contributed by atoms with E-state index >= 15 is 0 Å². The number of carbonyl (C=O) groups excluding carboxylic acids is 6. The van der Waals surface area contributed by atoms with Gasteiger partial charge in [-0.25, -0.2) is 9.59 Å². The van der Waals surface area contributed by atoms with Crippen LogP contribution in [0.2, 0.25) is 0 Å². The number of rotatable bonds is 16. The first-order valence-corrected chi connectivity index (χ1v) is 24.2. The van der Waals surface area contributed by atoms with E-state index < -0.39 is 11.6 Å². The average Bonchev–Trinajstić information content (AvgIpc) is 4.13. The van der Waals surface area contributed by atoms with E-state index in [0.717, 1.165) is 55.9 Å². The van der Waals surface area contributed by atoms with Crippen LogP contribution in [0.4, 0.5) is 9.59 Å². The first-order valence-electron chi connectivity index (χ1n) is 22.5. The first-order chi connectivity index (χ1) is 32.1. The second-order valence-electron chi connectivity index (χ2n) is 17.7. The van der Waals surface area contributed by atoms with Crippen LogP contribution < -0.4 is 5.32 Å². The van der Waals surface area contributed by atoms with Crippen LogP contribution in [0.25, 0.3) is 21.3 Å². The van der Waals surface area contributed by atoms with Crippen LogP contribution in [0.3, 0.4) is 0 Å². The van der Waals surface area contributed by atoms with Crippen LogP contribution >= 0.6 is 22.7 Å². The lowest BCUT2D eigenvalue weighted by Gasteiger charge is -2.35. The molecule has 68 heavy (non-hydrogen) atoms. The van der Waals surface area contributed by atoms with E-state index in [4.69, 9.17) is 28.4 Å². The summed E-state index contributed by atoms with van der Waals surface area (Å²) in [5, 5.41) is 22.1. The van der Waals surface area contributed by atoms with Gasteiger partial charge in [0.05, 0.1) is 9.75 Å². The van der Waals surface area contributed by atoms with Crippen LogP contribution in [0, 0.1) is 0 Å². The number of allylic oxidation sites excluding steroid dienone is 1. The number of carboxylic acids is 1. The third kappa shape index (κ3) is 22.3. The van der Waals surface area contributed by atoms with Crippen molar-refractivity contribution in [1.29, 1.82) is 0 Å². The van der Waals surface area contributed by atoms with Crippen molar-refractivity contribution in [3.63, 3.8) is 0 Å². The van der Waals surface area contributed by atoms with Crippen LogP contribution in [-0.2, 0) is 23.9 Å². The van der Waals surface area contributed by atoms with Crippen molar-refractivity contribution in [3.8, 4) is 21.3 Å². The Labute approximate surface area is 406 Å². The number of thiophene rings is 2. The Kier molecular flexibility index (Phi) is 23.7. The molecule has 18 nitrogen and oxygen atoms in total. The molecule has 2 aliphatic heterocycles. The van der Waals surface area contributed by atoms with Crippen molar-refractivity contribution in [2.45, 2.75) is 105 Å². The molecule has 2 saturated heterocycles. The molecule has 0 saturated carbocycles. The van der Waals surface area contributed by atoms with Crippen molar-refractivity contribution < 1.29 is 57.2 Å². The largest absolute Gasteiger partial charge is 0.481 e. The number of aromatic nitrogens is 2. The van der Waals surface area contributed by atoms with Crippen LogP contribution in [0.5, 0.6) is 0 Å². The number of piperazine rings is 2. The molecule has 0 bridgehead atoms. The summed E-state index contributed by atoms with van der Waals surface area (Å²) in [5.41, 5.74) is -0.262. The molecule has 0 atom stereocenters. The Hall–Kier alpha value is -5.83. The van der Waals surface area contributed by atoms with Gasteiger partial charge in [0, 0.05) is 110 Å². The van der Waals surface area contributed by atoms with Crippen LogP contribution in [-0.4, -0.2) is 142 Å². The van der Waals surface area contributed by atoms with Gasteiger partial charge in [-0.15, -0.1) is 22.7 Å². The summed E-state index contributed by atoms with van der Waals surface area (Å²) in [7, 11) is 0. The number of aliphatic carboxylic acids is 1. The molecule has 4 aromatic heterocycles. The highest BCUT2D eigenvalue weighted by molar-refractivity contribution is 7.13. The highest BCUT2D eigenvalue weighted by Gasteiger charge is 2.26. The smallest absolute Gasteiger partial charge is 0.410 e. The predicted octanol–water partition coefficient (Wildman–Crippen LogP) is 8.70. The van der Waals surface area contributed by atoms with Crippen molar-refractivity contribution in [3.05, 3.63) is 71.2 Å². The zero-order valence-electron chi connectivity index (χ0n) is 40.2. The van der Waals surface area contributed by atoms with Gasteiger partial charge in [0.25, 0.3) is 5.97 Å². The molecule has 6 rings (SSSR count). The summed E-state index contributed by atoms with van der Waals surface area (Å²) in [5.74, 6) is 0.233. The van der Waals surface area contributed by atoms with E-state index in [0.29, 0.717) is 74.6 Å². The number of hydrogen-bond donors (Lipinski definition) is 2. The van der Waals surface area contributed by atoms with E-state index in [-0.39, 0.29) is 53.8 Å². The second kappa shape index (κ2) is 28.5. The molecule has 0 spiro atoms. The fourth-order valence-corrected chi connectivity index (χ4v) is 7.52. The van der Waals surface area contributed by atoms with Gasteiger partial charge >= 0.3 is 12.2 Å². The second-order valence-corrected chi connectivity index (χ2v) is 19.6. The molecular weight excluding hydrogens is 917 g/mol. The molecule has 2 N–H and O–H groups in total. The Balaban J connectivity index is 0.000000286. The minimum Gasteiger partial charge on any atom is -0.481 e. The lowest BCUT2D eigenvalue weighted by Crippen LogP contribution is -2.50. The first kappa shape index (κ1) is 56.5. The molecule has 2 fully saturated rings. The molecule has 6 heterocycles. The van der Waals surface area contributed by atoms with Gasteiger partial charge in [-0.3, -0.25) is 28.9 Å². The topological polar surface area (TPSA) is 232 Å². The molecule has 0 aliphatic carbocycles. The van der Waals surface area contributed by atoms with Crippen molar-refractivity contribution in [2.75, 3.05) is 58.9 Å². The fourth-order valence-electron chi connectivity index (χ4n) is 6.17. The van der Waals surface area contributed by atoms with Gasteiger partial charge in [-0.2, -0.15) is 0 Å². The maximum Gasteiger partial charge on any atom is 0.410 e. The lowest BCUT2D eigenvalue weighted by molar-refractivity contribution is -0.134. The van der Waals surface area contributed by atoms with Gasteiger partial charge in [-0.05, 0) is 83.4 Å². The molecule has 0 aromatic carbocycles. The molecule has 0 unspecified atom stereocenters. The molecule has 0 radical (unpaired) electrons. The Morgan fingerprint density at radius 3 is 1.56 bits per heavy atom. The highest BCUT2D eigenvalue weighted by atomic mass is 32.1. The number of ketones is 4. The molecule has 2 amide bonds. The van der Waals surface area contributed by atoms with Gasteiger partial charge in [0.15, 0.2) is 28.9 Å². The minimum atomic E-state index is -0.833. The third-order valence-electron chi connectivity index (χ3n) is 9.53. The van der Waals surface area contributed by atoms with Crippen LogP contribution in [0.15, 0.2) is 68.9 Å². The normalized spacial score (nSPS) is 13.9. The Morgan fingerprint density at radius 1 is 0.706 bits per heavy atom. The maximum absolute atomic E-state index is 12.3. The van der Waals surface area contributed by atoms with E-state index in [2.05, 4.69) is 27.1 Å². The van der Waals surface area contributed by atoms with Crippen molar-refractivity contribution in [1.82, 2.24) is 30.3 Å². The molecular formula is C48H66N6O12S2. The van der Waals surface area contributed by atoms with Gasteiger partial charge in [-0.1, -0.05) is 29.0 Å². The summed E-state index contributed by atoms with van der Waals surface area (Å²) < 4.78 is 21.0. The van der Waals surface area contributed by atoms with Crippen molar-refractivity contribution in [2.24, 2.45) is 0 Å². The van der Waals surface area contributed by atoms with Gasteiger partial charge < -0.3 is 38.7 Å². The summed E-state index contributed by atoms with van der Waals surface area (Å²) in [6, 6.07) is 10.9. The number of hydrogen-bond acceptors (Lipinski definition) is 17. The number of ether oxygens (including phenoxy) is 2. The number of amides is 2. The summed E-state index contributed by atoms with van der Waals surface area (Å²) in [6.07, 6.45) is 3.52.